The first-order valence-corrected chi connectivity index (χ1v) is 7.66. The number of ether oxygens (including phenoxy) is 1. The number of amides is 1. The third kappa shape index (κ3) is 2.67. The van der Waals surface area contributed by atoms with Crippen molar-refractivity contribution >= 4 is 11.9 Å². The number of carbonyl (C=O) groups excluding carboxylic acids is 2. The van der Waals surface area contributed by atoms with E-state index in [0.29, 0.717) is 6.54 Å². The van der Waals surface area contributed by atoms with Crippen molar-refractivity contribution < 1.29 is 14.3 Å². The summed E-state index contributed by atoms with van der Waals surface area (Å²) in [4.78, 5) is 26.5. The van der Waals surface area contributed by atoms with Crippen molar-refractivity contribution in [1.82, 2.24) is 4.90 Å². The van der Waals surface area contributed by atoms with Gasteiger partial charge in [-0.2, -0.15) is 0 Å². The topological polar surface area (TPSA) is 46.6 Å². The van der Waals surface area contributed by atoms with Gasteiger partial charge in [-0.05, 0) is 43.2 Å². The van der Waals surface area contributed by atoms with E-state index in [1.807, 2.05) is 12.1 Å². The maximum absolute atomic E-state index is 12.8. The SMILES string of the molecule is COC(=O)[C@H]1CCCCN1C(=O)C1Cc2ccccc2C1. The van der Waals surface area contributed by atoms with Gasteiger partial charge in [0.05, 0.1) is 7.11 Å². The molecule has 0 bridgehead atoms. The van der Waals surface area contributed by atoms with E-state index in [4.69, 9.17) is 4.74 Å². The number of fused-ring (bicyclic) bond motifs is 1. The first kappa shape index (κ1) is 14.1. The van der Waals surface area contributed by atoms with Crippen LogP contribution >= 0.6 is 0 Å². The molecule has 1 saturated heterocycles. The Kier molecular flexibility index (Phi) is 3.95. The van der Waals surface area contributed by atoms with Gasteiger partial charge in [0, 0.05) is 12.5 Å². The number of methoxy groups -OCH3 is 1. The van der Waals surface area contributed by atoms with Crippen molar-refractivity contribution in [3.8, 4) is 0 Å². The maximum Gasteiger partial charge on any atom is 0.328 e. The summed E-state index contributed by atoms with van der Waals surface area (Å²) < 4.78 is 4.86. The van der Waals surface area contributed by atoms with Crippen LogP contribution in [0, 0.1) is 5.92 Å². The molecule has 3 rings (SSSR count). The lowest BCUT2D eigenvalue weighted by Crippen LogP contribution is -2.50. The van der Waals surface area contributed by atoms with Gasteiger partial charge in [0.25, 0.3) is 0 Å². The van der Waals surface area contributed by atoms with Crippen molar-refractivity contribution in [2.24, 2.45) is 5.92 Å². The molecule has 4 nitrogen and oxygen atoms in total. The Morgan fingerprint density at radius 1 is 1.14 bits per heavy atom. The lowest BCUT2D eigenvalue weighted by atomic mass is 9.97. The van der Waals surface area contributed by atoms with Crippen LogP contribution in [0.2, 0.25) is 0 Å². The highest BCUT2D eigenvalue weighted by atomic mass is 16.5. The fourth-order valence-electron chi connectivity index (χ4n) is 3.54. The number of benzene rings is 1. The largest absolute Gasteiger partial charge is 0.467 e. The fourth-order valence-corrected chi connectivity index (χ4v) is 3.54. The van der Waals surface area contributed by atoms with Crippen LogP contribution in [0.5, 0.6) is 0 Å². The molecular weight excluding hydrogens is 266 g/mol. The van der Waals surface area contributed by atoms with E-state index in [0.717, 1.165) is 32.1 Å². The van der Waals surface area contributed by atoms with Gasteiger partial charge in [-0.15, -0.1) is 0 Å². The second-order valence-electron chi connectivity index (χ2n) is 5.94. The van der Waals surface area contributed by atoms with Crippen LogP contribution in [0.3, 0.4) is 0 Å². The number of nitrogens with zero attached hydrogens (tertiary/aromatic N) is 1. The first-order chi connectivity index (χ1) is 10.2. The van der Waals surface area contributed by atoms with E-state index < -0.39 is 0 Å². The highest BCUT2D eigenvalue weighted by Gasteiger charge is 2.37. The second-order valence-corrected chi connectivity index (χ2v) is 5.94. The third-order valence-corrected chi connectivity index (χ3v) is 4.66. The van der Waals surface area contributed by atoms with E-state index in [-0.39, 0.29) is 23.8 Å². The number of likely N-dealkylation sites (tertiary alicyclic amines) is 1. The minimum Gasteiger partial charge on any atom is -0.467 e. The molecule has 1 aliphatic heterocycles. The number of esters is 1. The molecule has 1 amide bonds. The molecule has 1 heterocycles. The minimum atomic E-state index is -0.389. The van der Waals surface area contributed by atoms with Gasteiger partial charge in [-0.3, -0.25) is 4.79 Å². The van der Waals surface area contributed by atoms with Crippen molar-refractivity contribution in [3.05, 3.63) is 35.4 Å². The predicted molar refractivity (Wildman–Crippen MR) is 78.7 cm³/mol. The number of hydrogen-bond donors (Lipinski definition) is 0. The quantitative estimate of drug-likeness (QED) is 0.781. The van der Waals surface area contributed by atoms with Gasteiger partial charge in [0.15, 0.2) is 0 Å². The normalized spacial score (nSPS) is 22.0. The van der Waals surface area contributed by atoms with Crippen molar-refractivity contribution in [2.75, 3.05) is 13.7 Å². The Morgan fingerprint density at radius 3 is 2.43 bits per heavy atom. The molecule has 0 N–H and O–H groups in total. The van der Waals surface area contributed by atoms with E-state index in [1.165, 1.54) is 18.2 Å². The summed E-state index contributed by atoms with van der Waals surface area (Å²) in [5, 5.41) is 0. The molecule has 1 aliphatic carbocycles. The minimum absolute atomic E-state index is 0.0207. The van der Waals surface area contributed by atoms with Crippen LogP contribution in [0.15, 0.2) is 24.3 Å². The van der Waals surface area contributed by atoms with Crippen LogP contribution in [0.1, 0.15) is 30.4 Å². The molecule has 1 atom stereocenters. The number of hydrogen-bond acceptors (Lipinski definition) is 3. The highest BCUT2D eigenvalue weighted by Crippen LogP contribution is 2.30. The van der Waals surface area contributed by atoms with Gasteiger partial charge in [-0.1, -0.05) is 24.3 Å². The van der Waals surface area contributed by atoms with Crippen molar-refractivity contribution in [3.63, 3.8) is 0 Å². The van der Waals surface area contributed by atoms with E-state index in [1.54, 1.807) is 4.90 Å². The first-order valence-electron chi connectivity index (χ1n) is 7.66. The molecule has 4 heteroatoms. The molecule has 0 spiro atoms. The molecule has 0 unspecified atom stereocenters. The highest BCUT2D eigenvalue weighted by molar-refractivity contribution is 5.86. The van der Waals surface area contributed by atoms with Crippen LogP contribution in [-0.4, -0.2) is 36.5 Å². The number of rotatable bonds is 2. The molecule has 1 aromatic carbocycles. The molecular formula is C17H21NO3. The number of carbonyl (C=O) groups is 2. The van der Waals surface area contributed by atoms with E-state index >= 15 is 0 Å². The lowest BCUT2D eigenvalue weighted by molar-refractivity contribution is -0.156. The summed E-state index contributed by atoms with van der Waals surface area (Å²) in [7, 11) is 1.39. The van der Waals surface area contributed by atoms with Crippen LogP contribution in [0.4, 0.5) is 0 Å². The summed E-state index contributed by atoms with van der Waals surface area (Å²) in [5.41, 5.74) is 2.53. The molecule has 112 valence electrons. The lowest BCUT2D eigenvalue weighted by Gasteiger charge is -2.35. The standard InChI is InChI=1S/C17H21NO3/c1-21-17(20)15-8-4-5-9-18(15)16(19)14-10-12-6-2-3-7-13(12)11-14/h2-3,6-7,14-15H,4-5,8-11H2,1H3/t15-/m1/s1. The smallest absolute Gasteiger partial charge is 0.328 e. The Hall–Kier alpha value is -1.84. The van der Waals surface area contributed by atoms with Crippen molar-refractivity contribution in [2.45, 2.75) is 38.1 Å². The molecule has 1 aromatic rings. The summed E-state index contributed by atoms with van der Waals surface area (Å²) in [6.07, 6.45) is 4.25. The zero-order valence-corrected chi connectivity index (χ0v) is 12.4. The predicted octanol–water partition coefficient (Wildman–Crippen LogP) is 1.96. The van der Waals surface area contributed by atoms with Crippen LogP contribution in [-0.2, 0) is 27.2 Å². The molecule has 0 radical (unpaired) electrons. The molecule has 2 aliphatic rings. The summed E-state index contributed by atoms with van der Waals surface area (Å²) in [5.74, 6) is -0.187. The van der Waals surface area contributed by atoms with E-state index in [9.17, 15) is 9.59 Å². The fraction of sp³-hybridized carbons (Fsp3) is 0.529. The summed E-state index contributed by atoms with van der Waals surface area (Å²) in [6.45, 7) is 0.672. The Balaban J connectivity index is 1.74. The molecule has 0 saturated carbocycles. The third-order valence-electron chi connectivity index (χ3n) is 4.66. The van der Waals surface area contributed by atoms with E-state index in [2.05, 4.69) is 12.1 Å². The Bertz CT molecular complexity index is 530. The Morgan fingerprint density at radius 2 is 1.81 bits per heavy atom. The average molecular weight is 287 g/mol. The van der Waals surface area contributed by atoms with Gasteiger partial charge in [-0.25, -0.2) is 4.79 Å². The number of piperidine rings is 1. The second kappa shape index (κ2) is 5.88. The average Bonchev–Trinajstić information content (AvgIpc) is 2.97. The van der Waals surface area contributed by atoms with Gasteiger partial charge in [0.2, 0.25) is 5.91 Å². The van der Waals surface area contributed by atoms with Gasteiger partial charge in [0.1, 0.15) is 6.04 Å². The summed E-state index contributed by atoms with van der Waals surface area (Å²) in [6, 6.07) is 7.83. The maximum atomic E-state index is 12.8. The van der Waals surface area contributed by atoms with Crippen LogP contribution in [0.25, 0.3) is 0 Å². The monoisotopic (exact) mass is 287 g/mol. The van der Waals surface area contributed by atoms with Gasteiger partial charge < -0.3 is 9.64 Å². The van der Waals surface area contributed by atoms with Crippen molar-refractivity contribution in [1.29, 1.82) is 0 Å². The van der Waals surface area contributed by atoms with Gasteiger partial charge >= 0.3 is 5.97 Å². The van der Waals surface area contributed by atoms with Crippen LogP contribution < -0.4 is 0 Å². The molecule has 1 fully saturated rings. The Labute approximate surface area is 125 Å². The zero-order valence-electron chi connectivity index (χ0n) is 12.4. The zero-order chi connectivity index (χ0) is 14.8. The summed E-state index contributed by atoms with van der Waals surface area (Å²) >= 11 is 0. The molecule has 21 heavy (non-hydrogen) atoms. The molecule has 0 aromatic heterocycles.